The van der Waals surface area contributed by atoms with Gasteiger partial charge in [-0.3, -0.25) is 24.1 Å². The Kier molecular flexibility index (Phi) is 42.6. The third kappa shape index (κ3) is 24.9. The topological polar surface area (TPSA) is 129 Å². The zero-order chi connectivity index (χ0) is 64.8. The Bertz CT molecular complexity index is 3110. The Morgan fingerprint density at radius 2 is 0.909 bits per heavy atom. The first-order chi connectivity index (χ1) is 42.7. The Morgan fingerprint density at radius 3 is 1.33 bits per heavy atom. The van der Waals surface area contributed by atoms with Crippen LogP contribution in [0.4, 0.5) is 17.1 Å². The molecule has 1 saturated heterocycles. The van der Waals surface area contributed by atoms with E-state index in [1.165, 1.54) is 28.3 Å². The smallest absolute Gasteiger partial charge is 0.258 e. The van der Waals surface area contributed by atoms with Gasteiger partial charge in [-0.25, -0.2) is 4.90 Å². The van der Waals surface area contributed by atoms with Crippen molar-refractivity contribution in [3.05, 3.63) is 241 Å². The summed E-state index contributed by atoms with van der Waals surface area (Å²) in [6.07, 6.45) is 7.76. The Labute approximate surface area is 529 Å². The van der Waals surface area contributed by atoms with Crippen molar-refractivity contribution in [2.45, 2.75) is 117 Å². The van der Waals surface area contributed by atoms with E-state index >= 15 is 0 Å². The average molecular weight is 1190 g/mol. The van der Waals surface area contributed by atoms with E-state index in [0.29, 0.717) is 24.7 Å². The number of methoxy groups -OCH3 is 1. The minimum absolute atomic E-state index is 0. The predicted molar refractivity (Wildman–Crippen MR) is 368 cm³/mol. The molecule has 2 fully saturated rings. The van der Waals surface area contributed by atoms with Crippen LogP contribution in [0.15, 0.2) is 224 Å². The molecule has 88 heavy (non-hydrogen) atoms. The number of hydrogen-bond donors (Lipinski definition) is 0. The fraction of sp³-hybridized carbons (Fsp3) is 0.312. The number of nitriles is 1. The molecule has 3 aliphatic heterocycles. The van der Waals surface area contributed by atoms with Crippen molar-refractivity contribution < 1.29 is 33.4 Å². The second-order valence-corrected chi connectivity index (χ2v) is 17.4. The number of allylic oxidation sites excluding steroid dienone is 2. The first-order valence-corrected chi connectivity index (χ1v) is 30.6. The number of anilines is 3. The highest BCUT2D eigenvalue weighted by Crippen LogP contribution is 2.53. The summed E-state index contributed by atoms with van der Waals surface area (Å²) >= 11 is 0. The highest BCUT2D eigenvalue weighted by Gasteiger charge is 2.59. The summed E-state index contributed by atoms with van der Waals surface area (Å²) in [4.78, 5) is 52.1. The molecule has 11 nitrogen and oxygen atoms in total. The Hall–Kier alpha value is -9.45. The molecule has 5 aliphatic rings. The third-order valence-corrected chi connectivity index (χ3v) is 12.6. The quantitative estimate of drug-likeness (QED) is 0.0908. The maximum atomic E-state index is 12.5. The molecule has 4 unspecified atom stereocenters. The second kappa shape index (κ2) is 47.8. The van der Waals surface area contributed by atoms with Gasteiger partial charge in [0.05, 0.1) is 42.0 Å². The zero-order valence-corrected chi connectivity index (χ0v) is 54.1. The van der Waals surface area contributed by atoms with Gasteiger partial charge in [-0.2, -0.15) is 5.26 Å². The lowest BCUT2D eigenvalue weighted by Gasteiger charge is -2.30. The van der Waals surface area contributed by atoms with E-state index in [0.717, 1.165) is 46.2 Å². The van der Waals surface area contributed by atoms with Crippen LogP contribution in [0.3, 0.4) is 0 Å². The molecular weight excluding hydrogens is 1090 g/mol. The van der Waals surface area contributed by atoms with Gasteiger partial charge in [0, 0.05) is 29.9 Å². The van der Waals surface area contributed by atoms with E-state index in [4.69, 9.17) is 19.5 Å². The molecule has 4 amide bonds. The standard InChI is InChI=1S/C15H13NO2.C14H13NO.C10H7NO2.C10H10O.C8H7N.C7H8O.6C2H6.CH4/c17-14-12-9-6-7-10(8-9)13(12)15(18)16(14)11-4-2-1-3-5-11;1-2-7-13(8-3-1)15-10-12-6-4-5-9-14(12)16-11-15;12-9-6-7-10(13)11(9)8-4-2-1-3-5-8;1-2-3-9-11-10-7-5-4-6-8-10;1-7-4-2-3-5-8(7)6-9;1-8-7-5-3-2-4-6-7;6*1-2;/h1-7,9-10,12-13H,8H2;1-9H,10-11H2;1-7H;4-8H,9H2,1H3;2-5H,1H3;2-6H,1H3;6*1-2H3;1H4. The van der Waals surface area contributed by atoms with Crippen molar-refractivity contribution >= 4 is 40.7 Å². The number of carbonyl (C=O) groups excluding carboxylic acids is 4. The van der Waals surface area contributed by atoms with Gasteiger partial charge in [0.25, 0.3) is 11.8 Å². The molecule has 0 N–H and O–H groups in total. The number of fused-ring (bicyclic) bond motifs is 6. The molecule has 3 heterocycles. The summed E-state index contributed by atoms with van der Waals surface area (Å²) in [6, 6.07) is 65.6. The highest BCUT2D eigenvalue weighted by molar-refractivity contribution is 6.28. The van der Waals surface area contributed by atoms with Crippen molar-refractivity contribution in [2.24, 2.45) is 23.7 Å². The Morgan fingerprint density at radius 1 is 0.511 bits per heavy atom. The van der Waals surface area contributed by atoms with Crippen LogP contribution in [-0.4, -0.2) is 44.1 Å². The van der Waals surface area contributed by atoms with Gasteiger partial charge in [0.15, 0.2) is 6.73 Å². The molecule has 468 valence electrons. The fourth-order valence-corrected chi connectivity index (χ4v) is 8.91. The molecule has 11 heteroatoms. The molecule has 1 saturated carbocycles. The van der Waals surface area contributed by atoms with Crippen molar-refractivity contribution in [3.63, 3.8) is 0 Å². The monoisotopic (exact) mass is 1190 g/mol. The largest absolute Gasteiger partial charge is 0.497 e. The van der Waals surface area contributed by atoms with Crippen LogP contribution in [0.25, 0.3) is 0 Å². The number of hydrogen-bond acceptors (Lipinski definition) is 9. The van der Waals surface area contributed by atoms with E-state index < -0.39 is 0 Å². The summed E-state index contributed by atoms with van der Waals surface area (Å²) in [7, 11) is 1.66. The lowest BCUT2D eigenvalue weighted by Crippen LogP contribution is -2.32. The van der Waals surface area contributed by atoms with Crippen molar-refractivity contribution in [3.8, 4) is 35.2 Å². The molecule has 0 aromatic heterocycles. The van der Waals surface area contributed by atoms with Crippen molar-refractivity contribution in [1.29, 1.82) is 5.26 Å². The number of para-hydroxylation sites is 6. The van der Waals surface area contributed by atoms with E-state index in [1.54, 1.807) is 38.3 Å². The fourth-order valence-electron chi connectivity index (χ4n) is 8.91. The number of nitrogens with zero attached hydrogens (tertiary/aromatic N) is 4. The maximum absolute atomic E-state index is 12.5. The van der Waals surface area contributed by atoms with E-state index in [9.17, 15) is 19.2 Å². The predicted octanol–water partition coefficient (Wildman–Crippen LogP) is 18.6. The lowest BCUT2D eigenvalue weighted by atomic mass is 9.85. The van der Waals surface area contributed by atoms with Crippen LogP contribution in [-0.2, 0) is 25.7 Å². The number of amides is 4. The molecule has 7 aromatic carbocycles. The molecule has 12 rings (SSSR count). The van der Waals surface area contributed by atoms with Gasteiger partial charge >= 0.3 is 0 Å². The molecular formula is C77H98N4O7. The summed E-state index contributed by atoms with van der Waals surface area (Å²) in [5.41, 5.74) is 5.58. The van der Waals surface area contributed by atoms with Crippen LogP contribution < -0.4 is 28.9 Å². The normalized spacial score (nSPS) is 15.4. The van der Waals surface area contributed by atoms with Crippen LogP contribution >= 0.6 is 0 Å². The summed E-state index contributed by atoms with van der Waals surface area (Å²) in [5.74, 6) is 8.16. The molecule has 7 aromatic rings. The third-order valence-electron chi connectivity index (χ3n) is 12.6. The maximum Gasteiger partial charge on any atom is 0.258 e. The molecule has 0 radical (unpaired) electrons. The van der Waals surface area contributed by atoms with Crippen LogP contribution in [0.1, 0.15) is 121 Å². The highest BCUT2D eigenvalue weighted by atomic mass is 16.5. The lowest BCUT2D eigenvalue weighted by molar-refractivity contribution is -0.123. The number of ether oxygens (including phenoxy) is 3. The summed E-state index contributed by atoms with van der Waals surface area (Å²) in [6.45, 7) is 29.7. The molecule has 2 bridgehead atoms. The minimum atomic E-state index is -0.281. The van der Waals surface area contributed by atoms with Gasteiger partial charge in [-0.1, -0.05) is 236 Å². The van der Waals surface area contributed by atoms with Crippen LogP contribution in [0, 0.1) is 53.8 Å². The average Bonchev–Trinajstić information content (AvgIpc) is 1.59. The van der Waals surface area contributed by atoms with Crippen molar-refractivity contribution in [1.82, 2.24) is 0 Å². The number of rotatable bonds is 6. The molecule has 2 aliphatic carbocycles. The first-order valence-electron chi connectivity index (χ1n) is 30.6. The number of aryl methyl sites for hydroxylation is 1. The number of imide groups is 2. The number of carbonyl (C=O) groups is 4. The van der Waals surface area contributed by atoms with E-state index in [2.05, 4.69) is 71.4 Å². The van der Waals surface area contributed by atoms with Gasteiger partial charge in [-0.15, -0.1) is 5.92 Å². The van der Waals surface area contributed by atoms with Gasteiger partial charge < -0.3 is 19.1 Å². The second-order valence-electron chi connectivity index (χ2n) is 17.4. The van der Waals surface area contributed by atoms with Crippen molar-refractivity contribution in [2.75, 3.05) is 35.1 Å². The molecule has 4 atom stereocenters. The minimum Gasteiger partial charge on any atom is -0.497 e. The summed E-state index contributed by atoms with van der Waals surface area (Å²) in [5, 5.41) is 8.47. The zero-order valence-electron chi connectivity index (χ0n) is 54.1. The first kappa shape index (κ1) is 78.5. The Balaban J connectivity index is 0.00000101. The van der Waals surface area contributed by atoms with Gasteiger partial charge in [0.1, 0.15) is 23.9 Å². The SMILES string of the molecule is C.CC.CC.CC.CC.CC.CC.CC#CCOc1ccccc1.COc1ccccc1.Cc1ccccc1C#N.O=C1C2C3C=CC(C3)C2C(=O)N1c1ccccc1.O=C1C=CC(=O)N1c1ccccc1.c1ccc(N2COc3ccccc3C2)cc1. The molecule has 0 spiro atoms. The summed E-state index contributed by atoms with van der Waals surface area (Å²) < 4.78 is 15.9. The van der Waals surface area contributed by atoms with Gasteiger partial charge in [0.2, 0.25) is 11.8 Å². The van der Waals surface area contributed by atoms with E-state index in [-0.39, 0.29) is 54.7 Å². The van der Waals surface area contributed by atoms with Crippen LogP contribution in [0.2, 0.25) is 0 Å². The number of benzene rings is 7. The van der Waals surface area contributed by atoms with Crippen LogP contribution in [0.5, 0.6) is 17.2 Å². The van der Waals surface area contributed by atoms with E-state index in [1.807, 2.05) is 230 Å². The van der Waals surface area contributed by atoms with Gasteiger partial charge in [-0.05, 0) is 110 Å².